The first kappa shape index (κ1) is 12.8. The largest absolute Gasteiger partial charge is 0.481 e. The normalized spacial score (nSPS) is 10.0. The molecule has 6 nitrogen and oxygen atoms in total. The fourth-order valence-corrected chi connectivity index (χ4v) is 1.68. The molecule has 2 N–H and O–H groups in total. The molecule has 0 aliphatic carbocycles. The molecule has 0 bridgehead atoms. The van der Waals surface area contributed by atoms with E-state index in [1.165, 1.54) is 18.9 Å². The first-order valence-electron chi connectivity index (χ1n) is 5.64. The van der Waals surface area contributed by atoms with Gasteiger partial charge >= 0.3 is 0 Å². The number of nitrogen functional groups attached to an aromatic ring is 1. The van der Waals surface area contributed by atoms with Gasteiger partial charge < -0.3 is 10.5 Å². The molecule has 2 aromatic rings. The molecular weight excluding hydrogens is 244 g/mol. The van der Waals surface area contributed by atoms with Crippen molar-refractivity contribution < 1.29 is 9.53 Å². The van der Waals surface area contributed by atoms with Crippen LogP contribution in [0.2, 0.25) is 0 Å². The second-order valence-corrected chi connectivity index (χ2v) is 3.86. The standard InChI is InChI=1S/C13H14N4O2/c1-9(18)17(12-7-10(14)3-5-15-12)11-4-6-16-13(8-11)19-2/h3-8H,1-2H3,(H2,14,15). The Morgan fingerprint density at radius 3 is 2.63 bits per heavy atom. The molecule has 0 unspecified atom stereocenters. The van der Waals surface area contributed by atoms with Gasteiger partial charge in [0.15, 0.2) is 0 Å². The summed E-state index contributed by atoms with van der Waals surface area (Å²) in [7, 11) is 1.52. The molecule has 98 valence electrons. The minimum Gasteiger partial charge on any atom is -0.481 e. The van der Waals surface area contributed by atoms with E-state index in [9.17, 15) is 4.79 Å². The minimum absolute atomic E-state index is 0.175. The summed E-state index contributed by atoms with van der Waals surface area (Å²) in [4.78, 5) is 21.4. The lowest BCUT2D eigenvalue weighted by Crippen LogP contribution is -2.23. The zero-order chi connectivity index (χ0) is 13.8. The monoisotopic (exact) mass is 258 g/mol. The van der Waals surface area contributed by atoms with Gasteiger partial charge in [-0.25, -0.2) is 9.97 Å². The van der Waals surface area contributed by atoms with Gasteiger partial charge in [0.1, 0.15) is 5.82 Å². The first-order chi connectivity index (χ1) is 9.11. The molecule has 6 heteroatoms. The van der Waals surface area contributed by atoms with Crippen molar-refractivity contribution in [3.8, 4) is 5.88 Å². The van der Waals surface area contributed by atoms with Crippen molar-refractivity contribution in [3.05, 3.63) is 36.7 Å². The molecule has 19 heavy (non-hydrogen) atoms. The highest BCUT2D eigenvalue weighted by molar-refractivity contribution is 5.98. The molecule has 0 radical (unpaired) electrons. The minimum atomic E-state index is -0.175. The lowest BCUT2D eigenvalue weighted by atomic mass is 10.3. The summed E-state index contributed by atoms with van der Waals surface area (Å²) in [5.74, 6) is 0.708. The first-order valence-corrected chi connectivity index (χ1v) is 5.64. The van der Waals surface area contributed by atoms with Gasteiger partial charge in [-0.05, 0) is 12.1 Å². The van der Waals surface area contributed by atoms with Gasteiger partial charge in [-0.2, -0.15) is 0 Å². The number of anilines is 3. The molecule has 0 spiro atoms. The summed E-state index contributed by atoms with van der Waals surface area (Å²) in [6.07, 6.45) is 3.12. The van der Waals surface area contributed by atoms with E-state index in [1.807, 2.05) is 0 Å². The molecule has 0 aromatic carbocycles. The van der Waals surface area contributed by atoms with Crippen molar-refractivity contribution in [3.63, 3.8) is 0 Å². The van der Waals surface area contributed by atoms with E-state index in [4.69, 9.17) is 10.5 Å². The zero-order valence-electron chi connectivity index (χ0n) is 10.7. The van der Waals surface area contributed by atoms with E-state index in [0.29, 0.717) is 23.1 Å². The number of aromatic nitrogens is 2. The fraction of sp³-hybridized carbons (Fsp3) is 0.154. The molecule has 0 saturated carbocycles. The van der Waals surface area contributed by atoms with Crippen molar-refractivity contribution in [2.75, 3.05) is 17.7 Å². The third-order valence-electron chi connectivity index (χ3n) is 2.50. The molecule has 0 fully saturated rings. The fourth-order valence-electron chi connectivity index (χ4n) is 1.68. The predicted octanol–water partition coefficient (Wildman–Crippen LogP) is 1.75. The van der Waals surface area contributed by atoms with Gasteiger partial charge in [0.05, 0.1) is 12.8 Å². The topological polar surface area (TPSA) is 81.3 Å². The molecule has 0 aliphatic rings. The Hall–Kier alpha value is -2.63. The van der Waals surface area contributed by atoms with Gasteiger partial charge in [0, 0.05) is 37.1 Å². The van der Waals surface area contributed by atoms with Gasteiger partial charge in [-0.3, -0.25) is 9.69 Å². The van der Waals surface area contributed by atoms with Crippen LogP contribution in [0.5, 0.6) is 5.88 Å². The summed E-state index contributed by atoms with van der Waals surface area (Å²) >= 11 is 0. The maximum atomic E-state index is 11.8. The van der Waals surface area contributed by atoms with Crippen LogP contribution in [0.15, 0.2) is 36.7 Å². The van der Waals surface area contributed by atoms with E-state index >= 15 is 0 Å². The zero-order valence-corrected chi connectivity index (χ0v) is 10.7. The van der Waals surface area contributed by atoms with E-state index in [2.05, 4.69) is 9.97 Å². The average Bonchev–Trinajstić information content (AvgIpc) is 2.39. The molecule has 2 rings (SSSR count). The van der Waals surface area contributed by atoms with E-state index in [-0.39, 0.29) is 5.91 Å². The van der Waals surface area contributed by atoms with Gasteiger partial charge in [0.2, 0.25) is 11.8 Å². The van der Waals surface area contributed by atoms with Crippen molar-refractivity contribution in [1.82, 2.24) is 9.97 Å². The lowest BCUT2D eigenvalue weighted by Gasteiger charge is -2.20. The second-order valence-electron chi connectivity index (χ2n) is 3.86. The summed E-state index contributed by atoms with van der Waals surface area (Å²) in [6, 6.07) is 6.66. The maximum absolute atomic E-state index is 11.8. The van der Waals surface area contributed by atoms with Crippen molar-refractivity contribution >= 4 is 23.1 Å². The van der Waals surface area contributed by atoms with Crippen LogP contribution in [0.4, 0.5) is 17.2 Å². The molecule has 1 amide bonds. The van der Waals surface area contributed by atoms with Crippen LogP contribution in [0.1, 0.15) is 6.92 Å². The van der Waals surface area contributed by atoms with Crippen LogP contribution in [0.3, 0.4) is 0 Å². The Labute approximate surface area is 110 Å². The Morgan fingerprint density at radius 2 is 2.00 bits per heavy atom. The van der Waals surface area contributed by atoms with Crippen LogP contribution in [0.25, 0.3) is 0 Å². The van der Waals surface area contributed by atoms with E-state index < -0.39 is 0 Å². The van der Waals surface area contributed by atoms with Crippen molar-refractivity contribution in [1.29, 1.82) is 0 Å². The molecular formula is C13H14N4O2. The van der Waals surface area contributed by atoms with Crippen LogP contribution >= 0.6 is 0 Å². The summed E-state index contributed by atoms with van der Waals surface area (Å²) in [5.41, 5.74) is 6.88. The number of pyridine rings is 2. The van der Waals surface area contributed by atoms with Gasteiger partial charge in [-0.15, -0.1) is 0 Å². The number of carbonyl (C=O) groups is 1. The smallest absolute Gasteiger partial charge is 0.229 e. The molecule has 2 heterocycles. The van der Waals surface area contributed by atoms with Crippen molar-refractivity contribution in [2.24, 2.45) is 0 Å². The summed E-state index contributed by atoms with van der Waals surface area (Å²) < 4.78 is 5.05. The van der Waals surface area contributed by atoms with Crippen LogP contribution in [0, 0.1) is 0 Å². The lowest BCUT2D eigenvalue weighted by molar-refractivity contribution is -0.115. The number of hydrogen-bond acceptors (Lipinski definition) is 5. The van der Waals surface area contributed by atoms with Crippen molar-refractivity contribution in [2.45, 2.75) is 6.92 Å². The molecule has 0 atom stereocenters. The third-order valence-corrected chi connectivity index (χ3v) is 2.50. The Bertz CT molecular complexity index is 601. The number of ether oxygens (including phenoxy) is 1. The number of nitrogens with two attached hydrogens (primary N) is 1. The third kappa shape index (κ3) is 2.79. The quantitative estimate of drug-likeness (QED) is 0.907. The number of nitrogens with zero attached hydrogens (tertiary/aromatic N) is 3. The maximum Gasteiger partial charge on any atom is 0.229 e. The SMILES string of the molecule is COc1cc(N(C(C)=O)c2cc(N)ccn2)ccn1. The van der Waals surface area contributed by atoms with E-state index in [1.54, 1.807) is 36.7 Å². The van der Waals surface area contributed by atoms with Crippen LogP contribution in [-0.2, 0) is 4.79 Å². The highest BCUT2D eigenvalue weighted by Gasteiger charge is 2.16. The highest BCUT2D eigenvalue weighted by atomic mass is 16.5. The summed E-state index contributed by atoms with van der Waals surface area (Å²) in [5, 5.41) is 0. The molecule has 0 saturated heterocycles. The highest BCUT2D eigenvalue weighted by Crippen LogP contribution is 2.26. The Morgan fingerprint density at radius 1 is 1.26 bits per heavy atom. The number of methoxy groups -OCH3 is 1. The molecule has 0 aliphatic heterocycles. The predicted molar refractivity (Wildman–Crippen MR) is 72.3 cm³/mol. The van der Waals surface area contributed by atoms with Gasteiger partial charge in [-0.1, -0.05) is 0 Å². The average molecular weight is 258 g/mol. The van der Waals surface area contributed by atoms with Crippen LogP contribution in [-0.4, -0.2) is 23.0 Å². The Balaban J connectivity index is 2.48. The van der Waals surface area contributed by atoms with E-state index in [0.717, 1.165) is 0 Å². The number of rotatable bonds is 3. The second kappa shape index (κ2) is 5.34. The number of carbonyl (C=O) groups excluding carboxylic acids is 1. The van der Waals surface area contributed by atoms with Crippen LogP contribution < -0.4 is 15.4 Å². The molecule has 2 aromatic heterocycles. The summed E-state index contributed by atoms with van der Waals surface area (Å²) in [6.45, 7) is 1.46. The number of hydrogen-bond donors (Lipinski definition) is 1. The van der Waals surface area contributed by atoms with Gasteiger partial charge in [0.25, 0.3) is 0 Å². The number of amides is 1. The Kier molecular flexibility index (Phi) is 3.61.